The van der Waals surface area contributed by atoms with E-state index in [1.165, 1.54) is 6.42 Å². The number of rotatable bonds is 2. The van der Waals surface area contributed by atoms with Crippen molar-refractivity contribution in [1.82, 2.24) is 4.98 Å². The lowest BCUT2D eigenvalue weighted by Gasteiger charge is -2.10. The van der Waals surface area contributed by atoms with Crippen LogP contribution in [-0.2, 0) is 0 Å². The van der Waals surface area contributed by atoms with Gasteiger partial charge >= 0.3 is 14.2 Å². The van der Waals surface area contributed by atoms with Crippen molar-refractivity contribution in [1.29, 1.82) is 0 Å². The first-order valence-electron chi connectivity index (χ1n) is 8.34. The second kappa shape index (κ2) is 11.0. The first-order chi connectivity index (χ1) is 11.6. The van der Waals surface area contributed by atoms with Gasteiger partial charge in [-0.1, -0.05) is 38.1 Å². The standard InChI is InChI=1S/C9H8BNO2.C6H11BO2.C2H6/c12-10(13)8-5-6-11-9-4-2-1-3-7(8)9;8-7(9)6-4-2-1-3-5-6;1-2/h1-6,12-13H;4,8-9H,1-3,5H2;1-2H3. The third-order valence-corrected chi connectivity index (χ3v) is 3.62. The fourth-order valence-electron chi connectivity index (χ4n) is 2.44. The largest absolute Gasteiger partial charge is 0.489 e. The van der Waals surface area contributed by atoms with Gasteiger partial charge in [0.15, 0.2) is 0 Å². The van der Waals surface area contributed by atoms with E-state index in [9.17, 15) is 0 Å². The highest BCUT2D eigenvalue weighted by Gasteiger charge is 2.15. The minimum Gasteiger partial charge on any atom is -0.423 e. The van der Waals surface area contributed by atoms with E-state index < -0.39 is 14.2 Å². The summed E-state index contributed by atoms with van der Waals surface area (Å²) >= 11 is 0. The number of fused-ring (bicyclic) bond motifs is 1. The Morgan fingerprint density at radius 2 is 1.62 bits per heavy atom. The van der Waals surface area contributed by atoms with E-state index in [1.54, 1.807) is 12.3 Å². The maximum Gasteiger partial charge on any atom is 0.489 e. The lowest BCUT2D eigenvalue weighted by Crippen LogP contribution is -2.30. The molecule has 0 bridgehead atoms. The van der Waals surface area contributed by atoms with Gasteiger partial charge in [-0.05, 0) is 54.1 Å². The minimum atomic E-state index is -1.44. The van der Waals surface area contributed by atoms with Gasteiger partial charge in [-0.25, -0.2) is 0 Å². The van der Waals surface area contributed by atoms with Gasteiger partial charge in [-0.3, -0.25) is 4.98 Å². The van der Waals surface area contributed by atoms with Gasteiger partial charge < -0.3 is 20.1 Å². The van der Waals surface area contributed by atoms with Crippen molar-refractivity contribution < 1.29 is 20.1 Å². The van der Waals surface area contributed by atoms with Gasteiger partial charge in [0.1, 0.15) is 0 Å². The van der Waals surface area contributed by atoms with Crippen LogP contribution >= 0.6 is 0 Å². The van der Waals surface area contributed by atoms with E-state index in [4.69, 9.17) is 20.1 Å². The van der Waals surface area contributed by atoms with Crippen molar-refractivity contribution in [2.45, 2.75) is 39.5 Å². The third kappa shape index (κ3) is 6.09. The molecule has 2 aromatic rings. The van der Waals surface area contributed by atoms with Crippen molar-refractivity contribution in [3.8, 4) is 0 Å². The van der Waals surface area contributed by atoms with E-state index in [2.05, 4.69) is 4.98 Å². The van der Waals surface area contributed by atoms with Crippen LogP contribution in [0.4, 0.5) is 0 Å². The molecule has 0 aliphatic heterocycles. The molecule has 0 amide bonds. The number of allylic oxidation sites excluding steroid dienone is 2. The van der Waals surface area contributed by atoms with Crippen molar-refractivity contribution in [3.63, 3.8) is 0 Å². The monoisotopic (exact) mass is 329 g/mol. The highest BCUT2D eigenvalue weighted by Crippen LogP contribution is 2.17. The molecule has 24 heavy (non-hydrogen) atoms. The van der Waals surface area contributed by atoms with Gasteiger partial charge in [0, 0.05) is 6.20 Å². The number of benzene rings is 1. The maximum absolute atomic E-state index is 9.05. The number of aromatic nitrogens is 1. The maximum atomic E-state index is 9.05. The zero-order chi connectivity index (χ0) is 17.9. The lowest BCUT2D eigenvalue weighted by molar-refractivity contribution is 0.413. The number of pyridine rings is 1. The summed E-state index contributed by atoms with van der Waals surface area (Å²) in [5, 5.41) is 36.2. The number of nitrogens with zero attached hydrogens (tertiary/aromatic N) is 1. The van der Waals surface area contributed by atoms with Crippen LogP contribution in [0, 0.1) is 0 Å². The Hall–Kier alpha value is -1.66. The predicted octanol–water partition coefficient (Wildman–Crippen LogP) is 1.44. The molecule has 7 heteroatoms. The van der Waals surface area contributed by atoms with Crippen LogP contribution in [0.2, 0.25) is 0 Å². The van der Waals surface area contributed by atoms with Gasteiger partial charge in [0.2, 0.25) is 0 Å². The molecule has 1 aromatic heterocycles. The molecule has 0 radical (unpaired) electrons. The second-order valence-electron chi connectivity index (χ2n) is 5.19. The molecular formula is C17H25B2NO4. The molecule has 0 saturated carbocycles. The first kappa shape index (κ1) is 20.4. The lowest BCUT2D eigenvalue weighted by atomic mass is 9.74. The Morgan fingerprint density at radius 1 is 0.917 bits per heavy atom. The molecule has 0 unspecified atom stereocenters. The van der Waals surface area contributed by atoms with E-state index in [0.717, 1.165) is 35.6 Å². The third-order valence-electron chi connectivity index (χ3n) is 3.62. The number of hydrogen-bond donors (Lipinski definition) is 4. The topological polar surface area (TPSA) is 93.8 Å². The van der Waals surface area contributed by atoms with Crippen LogP contribution < -0.4 is 5.46 Å². The van der Waals surface area contributed by atoms with Crippen molar-refractivity contribution in [2.24, 2.45) is 0 Å². The summed E-state index contributed by atoms with van der Waals surface area (Å²) in [6, 6.07) is 8.96. The Kier molecular flexibility index (Phi) is 9.34. The predicted molar refractivity (Wildman–Crippen MR) is 99.7 cm³/mol. The highest BCUT2D eigenvalue weighted by molar-refractivity contribution is 6.61. The quantitative estimate of drug-likeness (QED) is 0.626. The highest BCUT2D eigenvalue weighted by atomic mass is 16.4. The Balaban J connectivity index is 0.000000230. The molecule has 0 fully saturated rings. The Labute approximate surface area is 144 Å². The molecule has 0 atom stereocenters. The number of para-hydroxylation sites is 1. The SMILES string of the molecule is CC.OB(O)C1=CCCCC1.OB(O)c1ccnc2ccccc12. The average molecular weight is 329 g/mol. The van der Waals surface area contributed by atoms with Crippen LogP contribution in [0.3, 0.4) is 0 Å². The zero-order valence-corrected chi connectivity index (χ0v) is 14.3. The van der Waals surface area contributed by atoms with Crippen LogP contribution in [-0.4, -0.2) is 39.3 Å². The van der Waals surface area contributed by atoms with Crippen molar-refractivity contribution in [2.75, 3.05) is 0 Å². The summed E-state index contributed by atoms with van der Waals surface area (Å²) in [7, 11) is -2.64. The second-order valence-corrected chi connectivity index (χ2v) is 5.19. The van der Waals surface area contributed by atoms with Gasteiger partial charge in [0.25, 0.3) is 0 Å². The van der Waals surface area contributed by atoms with Crippen LogP contribution in [0.5, 0.6) is 0 Å². The Bertz CT molecular complexity index is 642. The van der Waals surface area contributed by atoms with Crippen LogP contribution in [0.1, 0.15) is 39.5 Å². The molecule has 1 aromatic carbocycles. The van der Waals surface area contributed by atoms with Crippen LogP contribution in [0.25, 0.3) is 10.9 Å². The molecule has 4 N–H and O–H groups in total. The van der Waals surface area contributed by atoms with E-state index >= 15 is 0 Å². The van der Waals surface area contributed by atoms with E-state index in [1.807, 2.05) is 44.2 Å². The summed E-state index contributed by atoms with van der Waals surface area (Å²) in [6.45, 7) is 4.00. The Morgan fingerprint density at radius 3 is 2.17 bits per heavy atom. The molecule has 128 valence electrons. The summed E-state index contributed by atoms with van der Waals surface area (Å²) in [6.07, 6.45) is 7.65. The van der Waals surface area contributed by atoms with Crippen molar-refractivity contribution in [3.05, 3.63) is 48.1 Å². The molecule has 1 aliphatic carbocycles. The molecule has 1 heterocycles. The van der Waals surface area contributed by atoms with Crippen LogP contribution in [0.15, 0.2) is 48.1 Å². The molecule has 0 saturated heterocycles. The summed E-state index contributed by atoms with van der Waals surface area (Å²) in [5.74, 6) is 0. The van der Waals surface area contributed by atoms with Gasteiger partial charge in [-0.15, -0.1) is 0 Å². The zero-order valence-electron chi connectivity index (χ0n) is 14.3. The molecular weight excluding hydrogens is 304 g/mol. The summed E-state index contributed by atoms with van der Waals surface area (Å²) in [5.41, 5.74) is 2.06. The van der Waals surface area contributed by atoms with Crippen molar-refractivity contribution >= 4 is 30.6 Å². The number of hydrogen-bond acceptors (Lipinski definition) is 5. The van der Waals surface area contributed by atoms with E-state index in [-0.39, 0.29) is 0 Å². The average Bonchev–Trinajstić information content (AvgIpc) is 2.64. The minimum absolute atomic E-state index is 0.491. The van der Waals surface area contributed by atoms with Gasteiger partial charge in [-0.2, -0.15) is 0 Å². The van der Waals surface area contributed by atoms with E-state index in [0.29, 0.717) is 5.46 Å². The molecule has 3 rings (SSSR count). The molecule has 1 aliphatic rings. The first-order valence-corrected chi connectivity index (χ1v) is 8.34. The smallest absolute Gasteiger partial charge is 0.423 e. The molecule has 0 spiro atoms. The summed E-state index contributed by atoms with van der Waals surface area (Å²) < 4.78 is 0. The fraction of sp³-hybridized carbons (Fsp3) is 0.353. The molecule has 5 nitrogen and oxygen atoms in total. The summed E-state index contributed by atoms with van der Waals surface area (Å²) in [4.78, 5) is 4.10. The normalized spacial score (nSPS) is 13.0. The van der Waals surface area contributed by atoms with Gasteiger partial charge in [0.05, 0.1) is 5.52 Å². The fourth-order valence-corrected chi connectivity index (χ4v) is 2.44.